The maximum atomic E-state index is 12.7. The van der Waals surface area contributed by atoms with Crippen LogP contribution in [0.15, 0.2) is 35.2 Å². The molecule has 1 aromatic rings. The van der Waals surface area contributed by atoms with Crippen LogP contribution in [0.2, 0.25) is 0 Å². The molecule has 4 heteroatoms. The maximum absolute atomic E-state index is 12.7. The molecular weight excluding hydrogens is 306 g/mol. The molecule has 1 saturated carbocycles. The lowest BCUT2D eigenvalue weighted by atomic mass is 10.1. The zero-order valence-corrected chi connectivity index (χ0v) is 14.4. The van der Waals surface area contributed by atoms with E-state index >= 15 is 0 Å². The second-order valence-corrected chi connectivity index (χ2v) is 8.01. The van der Waals surface area contributed by atoms with Crippen molar-refractivity contribution in [1.82, 2.24) is 5.32 Å². The van der Waals surface area contributed by atoms with E-state index in [2.05, 4.69) is 17.4 Å². The molecule has 0 saturated heterocycles. The number of carbonyl (C=O) groups excluding carboxylic acids is 1. The fourth-order valence-electron chi connectivity index (χ4n) is 3.37. The molecule has 2 N–H and O–H groups in total. The van der Waals surface area contributed by atoms with Crippen LogP contribution in [-0.4, -0.2) is 28.9 Å². The van der Waals surface area contributed by atoms with Crippen molar-refractivity contribution in [3.63, 3.8) is 0 Å². The van der Waals surface area contributed by atoms with Crippen LogP contribution in [0.5, 0.6) is 0 Å². The van der Waals surface area contributed by atoms with Gasteiger partial charge in [-0.2, -0.15) is 0 Å². The second kappa shape index (κ2) is 7.54. The number of carbonyl (C=O) groups is 1. The van der Waals surface area contributed by atoms with E-state index < -0.39 is 0 Å². The quantitative estimate of drug-likeness (QED) is 0.809. The number of hydrogen-bond acceptors (Lipinski definition) is 3. The van der Waals surface area contributed by atoms with E-state index in [0.717, 1.165) is 22.4 Å². The highest BCUT2D eigenvalue weighted by atomic mass is 32.2. The average Bonchev–Trinajstić information content (AvgIpc) is 3.20. The first-order valence-electron chi connectivity index (χ1n) is 8.53. The highest BCUT2D eigenvalue weighted by molar-refractivity contribution is 8.00. The third-order valence-electron chi connectivity index (χ3n) is 4.70. The van der Waals surface area contributed by atoms with Gasteiger partial charge in [0.15, 0.2) is 0 Å². The van der Waals surface area contributed by atoms with Crippen LogP contribution in [0, 0.1) is 12.8 Å². The van der Waals surface area contributed by atoms with Gasteiger partial charge in [-0.3, -0.25) is 4.79 Å². The van der Waals surface area contributed by atoms with Gasteiger partial charge in [0.2, 0.25) is 0 Å². The Hall–Kier alpha value is -1.26. The molecule has 1 aromatic carbocycles. The van der Waals surface area contributed by atoms with Crippen molar-refractivity contribution in [2.24, 2.45) is 5.92 Å². The normalized spacial score (nSPS) is 24.3. The molecule has 2 atom stereocenters. The van der Waals surface area contributed by atoms with Gasteiger partial charge >= 0.3 is 0 Å². The van der Waals surface area contributed by atoms with Crippen molar-refractivity contribution in [3.8, 4) is 0 Å². The monoisotopic (exact) mass is 331 g/mol. The predicted molar refractivity (Wildman–Crippen MR) is 94.9 cm³/mol. The zero-order chi connectivity index (χ0) is 16.2. The lowest BCUT2D eigenvalue weighted by Crippen LogP contribution is -2.33. The molecule has 2 aliphatic carbocycles. The molecule has 124 valence electrons. The zero-order valence-electron chi connectivity index (χ0n) is 13.6. The van der Waals surface area contributed by atoms with E-state index in [1.54, 1.807) is 0 Å². The molecule has 0 radical (unpaired) electrons. The van der Waals surface area contributed by atoms with Crippen LogP contribution in [0.1, 0.15) is 48.0 Å². The maximum Gasteiger partial charge on any atom is 0.252 e. The van der Waals surface area contributed by atoms with Crippen LogP contribution in [-0.2, 0) is 0 Å². The fourth-order valence-corrected chi connectivity index (χ4v) is 4.73. The first kappa shape index (κ1) is 16.6. The lowest BCUT2D eigenvalue weighted by molar-refractivity contribution is 0.0938. The number of amides is 1. The van der Waals surface area contributed by atoms with Crippen molar-refractivity contribution in [1.29, 1.82) is 0 Å². The SMILES string of the molecule is Cc1ccc(SC2CCCC2)c(C(=O)N[C@@H]2C=C[C@H](CO)C2)c1. The second-order valence-electron chi connectivity index (χ2n) is 6.67. The Morgan fingerprint density at radius 2 is 2.09 bits per heavy atom. The minimum Gasteiger partial charge on any atom is -0.396 e. The first-order chi connectivity index (χ1) is 11.2. The van der Waals surface area contributed by atoms with Crippen LogP contribution in [0.25, 0.3) is 0 Å². The molecule has 0 spiro atoms. The van der Waals surface area contributed by atoms with Crippen LogP contribution >= 0.6 is 11.8 Å². The van der Waals surface area contributed by atoms with E-state index in [1.165, 1.54) is 25.7 Å². The molecule has 0 heterocycles. The van der Waals surface area contributed by atoms with Crippen molar-refractivity contribution in [2.75, 3.05) is 6.61 Å². The van der Waals surface area contributed by atoms with Crippen molar-refractivity contribution >= 4 is 17.7 Å². The Bertz CT molecular complexity index is 593. The fraction of sp³-hybridized carbons (Fsp3) is 0.526. The molecule has 0 aromatic heterocycles. The molecule has 23 heavy (non-hydrogen) atoms. The molecule has 0 bridgehead atoms. The van der Waals surface area contributed by atoms with Gasteiger partial charge in [-0.25, -0.2) is 0 Å². The minimum atomic E-state index is 0.00226. The summed E-state index contributed by atoms with van der Waals surface area (Å²) in [5.74, 6) is 0.174. The summed E-state index contributed by atoms with van der Waals surface area (Å²) in [4.78, 5) is 13.8. The summed E-state index contributed by atoms with van der Waals surface area (Å²) < 4.78 is 0. The van der Waals surface area contributed by atoms with Gasteiger partial charge in [-0.15, -0.1) is 11.8 Å². The topological polar surface area (TPSA) is 49.3 Å². The molecule has 1 amide bonds. The number of aliphatic hydroxyl groups excluding tert-OH is 1. The number of thioether (sulfide) groups is 1. The molecular formula is C19H25NO2S. The number of rotatable bonds is 5. The summed E-state index contributed by atoms with van der Waals surface area (Å²) >= 11 is 1.86. The lowest BCUT2D eigenvalue weighted by Gasteiger charge is -2.17. The molecule has 3 nitrogen and oxygen atoms in total. The molecule has 1 fully saturated rings. The smallest absolute Gasteiger partial charge is 0.252 e. The Morgan fingerprint density at radius 3 is 2.78 bits per heavy atom. The van der Waals surface area contributed by atoms with Crippen molar-refractivity contribution in [2.45, 2.75) is 55.2 Å². The third kappa shape index (κ3) is 4.18. The van der Waals surface area contributed by atoms with Crippen LogP contribution in [0.4, 0.5) is 0 Å². The first-order valence-corrected chi connectivity index (χ1v) is 9.41. The minimum absolute atomic E-state index is 0.00226. The molecule has 0 aliphatic heterocycles. The largest absolute Gasteiger partial charge is 0.396 e. The van der Waals surface area contributed by atoms with Crippen molar-refractivity contribution < 1.29 is 9.90 Å². The predicted octanol–water partition coefficient (Wildman–Crippen LogP) is 3.70. The Kier molecular flexibility index (Phi) is 5.44. The van der Waals surface area contributed by atoms with Gasteiger partial charge in [-0.1, -0.05) is 36.6 Å². The summed E-state index contributed by atoms with van der Waals surface area (Å²) in [6.45, 7) is 2.17. The van der Waals surface area contributed by atoms with Crippen LogP contribution < -0.4 is 5.32 Å². The summed E-state index contributed by atoms with van der Waals surface area (Å²) in [5, 5.41) is 13.0. The average molecular weight is 331 g/mol. The van der Waals surface area contributed by atoms with Gasteiger partial charge in [0.05, 0.1) is 5.56 Å². The van der Waals surface area contributed by atoms with Gasteiger partial charge in [0.1, 0.15) is 0 Å². The van der Waals surface area contributed by atoms with E-state index in [0.29, 0.717) is 5.25 Å². The Labute approximate surface area is 142 Å². The van der Waals surface area contributed by atoms with Crippen molar-refractivity contribution in [3.05, 3.63) is 41.5 Å². The number of nitrogens with one attached hydrogen (secondary N) is 1. The Balaban J connectivity index is 1.71. The van der Waals surface area contributed by atoms with E-state index in [-0.39, 0.29) is 24.5 Å². The van der Waals surface area contributed by atoms with Crippen LogP contribution in [0.3, 0.4) is 0 Å². The highest BCUT2D eigenvalue weighted by Crippen LogP contribution is 2.36. The molecule has 2 aliphatic rings. The summed E-state index contributed by atoms with van der Waals surface area (Å²) in [7, 11) is 0. The van der Waals surface area contributed by atoms with Gasteiger partial charge in [0.25, 0.3) is 5.91 Å². The number of hydrogen-bond donors (Lipinski definition) is 2. The number of aliphatic hydroxyl groups is 1. The molecule has 0 unspecified atom stereocenters. The van der Waals surface area contributed by atoms with Gasteiger partial charge < -0.3 is 10.4 Å². The summed E-state index contributed by atoms with van der Waals surface area (Å²) in [5.41, 5.74) is 1.91. The highest BCUT2D eigenvalue weighted by Gasteiger charge is 2.23. The van der Waals surface area contributed by atoms with Gasteiger partial charge in [-0.05, 0) is 38.3 Å². The standard InChI is InChI=1S/C19H25NO2S/c1-13-6-9-18(23-16-4-2-3-5-16)17(10-13)19(22)20-15-8-7-14(11-15)12-21/h6-10,14-16,21H,2-5,11-12H2,1H3,(H,20,22)/t14-,15+/m0/s1. The third-order valence-corrected chi connectivity index (χ3v) is 6.11. The number of benzene rings is 1. The van der Waals surface area contributed by atoms with E-state index in [9.17, 15) is 9.90 Å². The summed E-state index contributed by atoms with van der Waals surface area (Å²) in [6.07, 6.45) is 9.90. The van der Waals surface area contributed by atoms with E-state index in [4.69, 9.17) is 0 Å². The number of aryl methyl sites for hydroxylation is 1. The molecule has 3 rings (SSSR count). The summed E-state index contributed by atoms with van der Waals surface area (Å²) in [6, 6.07) is 6.21. The van der Waals surface area contributed by atoms with Gasteiger partial charge in [0, 0.05) is 28.7 Å². The Morgan fingerprint density at radius 1 is 1.30 bits per heavy atom. The van der Waals surface area contributed by atoms with E-state index in [1.807, 2.05) is 36.9 Å².